The first-order chi connectivity index (χ1) is 11.3. The quantitative estimate of drug-likeness (QED) is 0.786. The van der Waals surface area contributed by atoms with Gasteiger partial charge in [0.1, 0.15) is 6.04 Å². The van der Waals surface area contributed by atoms with E-state index >= 15 is 0 Å². The molecule has 1 fully saturated rings. The van der Waals surface area contributed by atoms with Crippen LogP contribution in [0.1, 0.15) is 29.5 Å². The maximum absolute atomic E-state index is 13.2. The molecule has 0 radical (unpaired) electrons. The summed E-state index contributed by atoms with van der Waals surface area (Å²) in [5.41, 5.74) is 2.47. The van der Waals surface area contributed by atoms with Gasteiger partial charge in [0.05, 0.1) is 11.5 Å². The summed E-state index contributed by atoms with van der Waals surface area (Å²) in [5, 5.41) is 2.75. The van der Waals surface area contributed by atoms with Crippen molar-refractivity contribution in [2.24, 2.45) is 0 Å². The topological polar surface area (TPSA) is 75.7 Å². The Balaban J connectivity index is 2.30. The first-order valence-corrected chi connectivity index (χ1v) is 9.59. The normalized spacial score (nSPS) is 18.8. The molecule has 134 valence electrons. The highest BCUT2D eigenvalue weighted by atomic mass is 32.2. The lowest BCUT2D eigenvalue weighted by Crippen LogP contribution is -2.46. The molecular formula is C17H26N2O4S. The van der Waals surface area contributed by atoms with Crippen LogP contribution in [0.15, 0.2) is 17.0 Å². The Morgan fingerprint density at radius 2 is 1.92 bits per heavy atom. The fraction of sp³-hybridized carbons (Fsp3) is 0.588. The van der Waals surface area contributed by atoms with E-state index in [9.17, 15) is 13.2 Å². The van der Waals surface area contributed by atoms with Gasteiger partial charge < -0.3 is 10.1 Å². The Kier molecular flexibility index (Phi) is 6.01. The number of rotatable bonds is 6. The molecule has 6 nitrogen and oxygen atoms in total. The summed E-state index contributed by atoms with van der Waals surface area (Å²) in [6, 6.07) is 3.08. The summed E-state index contributed by atoms with van der Waals surface area (Å²) in [5.74, 6) is -0.254. The molecule has 0 spiro atoms. The first kappa shape index (κ1) is 18.9. The Bertz CT molecular complexity index is 692. The van der Waals surface area contributed by atoms with Gasteiger partial charge in [0.25, 0.3) is 0 Å². The van der Waals surface area contributed by atoms with Gasteiger partial charge in [0.2, 0.25) is 15.9 Å². The smallest absolute Gasteiger partial charge is 0.244 e. The van der Waals surface area contributed by atoms with Crippen molar-refractivity contribution >= 4 is 15.9 Å². The third kappa shape index (κ3) is 3.79. The fourth-order valence-electron chi connectivity index (χ4n) is 3.37. The van der Waals surface area contributed by atoms with Crippen molar-refractivity contribution in [1.82, 2.24) is 9.62 Å². The molecule has 2 rings (SSSR count). The number of nitrogens with one attached hydrogen (secondary N) is 1. The largest absolute Gasteiger partial charge is 0.383 e. The van der Waals surface area contributed by atoms with E-state index in [1.807, 2.05) is 19.1 Å². The van der Waals surface area contributed by atoms with E-state index in [-0.39, 0.29) is 5.91 Å². The van der Waals surface area contributed by atoms with Crippen LogP contribution in [-0.4, -0.2) is 51.5 Å². The number of carbonyl (C=O) groups is 1. The summed E-state index contributed by atoms with van der Waals surface area (Å²) in [7, 11) is -2.14. The van der Waals surface area contributed by atoms with Crippen LogP contribution in [0.2, 0.25) is 0 Å². The number of aryl methyl sites for hydroxylation is 3. The molecule has 1 aliphatic heterocycles. The van der Waals surface area contributed by atoms with Crippen LogP contribution in [0.5, 0.6) is 0 Å². The van der Waals surface area contributed by atoms with Gasteiger partial charge >= 0.3 is 0 Å². The van der Waals surface area contributed by atoms with Gasteiger partial charge in [0, 0.05) is 20.2 Å². The lowest BCUT2D eigenvalue weighted by molar-refractivity contribution is -0.124. The highest BCUT2D eigenvalue weighted by Crippen LogP contribution is 2.30. The zero-order valence-electron chi connectivity index (χ0n) is 14.8. The molecule has 7 heteroatoms. The Morgan fingerprint density at radius 3 is 2.50 bits per heavy atom. The molecule has 1 aromatic rings. The van der Waals surface area contributed by atoms with E-state index in [0.29, 0.717) is 37.4 Å². The van der Waals surface area contributed by atoms with Gasteiger partial charge in [0.15, 0.2) is 0 Å². The molecule has 0 bridgehead atoms. The van der Waals surface area contributed by atoms with Crippen molar-refractivity contribution in [2.75, 3.05) is 26.8 Å². The minimum absolute atomic E-state index is 0.254. The fourth-order valence-corrected chi connectivity index (χ4v) is 5.45. The second kappa shape index (κ2) is 7.63. The van der Waals surface area contributed by atoms with E-state index in [4.69, 9.17) is 4.74 Å². The van der Waals surface area contributed by atoms with Gasteiger partial charge in [-0.2, -0.15) is 4.31 Å². The van der Waals surface area contributed by atoms with Crippen molar-refractivity contribution < 1.29 is 17.9 Å². The lowest BCUT2D eigenvalue weighted by Gasteiger charge is -2.25. The Labute approximate surface area is 144 Å². The second-order valence-corrected chi connectivity index (χ2v) is 8.11. The summed E-state index contributed by atoms with van der Waals surface area (Å²) < 4.78 is 32.6. The number of amides is 1. The number of hydrogen-bond acceptors (Lipinski definition) is 4. The molecule has 1 aliphatic rings. The number of benzene rings is 1. The number of ether oxygens (including phenoxy) is 1. The molecule has 1 saturated heterocycles. The molecular weight excluding hydrogens is 328 g/mol. The predicted octanol–water partition coefficient (Wildman–Crippen LogP) is 1.53. The second-order valence-electron chi connectivity index (χ2n) is 6.29. The van der Waals surface area contributed by atoms with E-state index in [1.54, 1.807) is 21.0 Å². The van der Waals surface area contributed by atoms with Gasteiger partial charge in [-0.1, -0.05) is 17.7 Å². The number of carbonyl (C=O) groups excluding carboxylic acids is 1. The Hall–Kier alpha value is -1.44. The van der Waals surface area contributed by atoms with Crippen LogP contribution in [0.4, 0.5) is 0 Å². The third-order valence-electron chi connectivity index (χ3n) is 4.28. The van der Waals surface area contributed by atoms with E-state index < -0.39 is 16.1 Å². The van der Waals surface area contributed by atoms with Crippen LogP contribution < -0.4 is 5.32 Å². The third-order valence-corrected chi connectivity index (χ3v) is 6.50. The molecule has 24 heavy (non-hydrogen) atoms. The predicted molar refractivity (Wildman–Crippen MR) is 92.5 cm³/mol. The van der Waals surface area contributed by atoms with Crippen LogP contribution >= 0.6 is 0 Å². The van der Waals surface area contributed by atoms with E-state index in [1.165, 1.54) is 4.31 Å². The van der Waals surface area contributed by atoms with Crippen molar-refractivity contribution in [1.29, 1.82) is 0 Å². The summed E-state index contributed by atoms with van der Waals surface area (Å²) in [4.78, 5) is 12.7. The van der Waals surface area contributed by atoms with Crippen molar-refractivity contribution in [3.8, 4) is 0 Å². The van der Waals surface area contributed by atoms with E-state index in [0.717, 1.165) is 16.7 Å². The molecule has 1 aromatic carbocycles. The van der Waals surface area contributed by atoms with Crippen LogP contribution in [0, 0.1) is 20.8 Å². The minimum atomic E-state index is -3.70. The maximum Gasteiger partial charge on any atom is 0.244 e. The zero-order valence-corrected chi connectivity index (χ0v) is 15.6. The summed E-state index contributed by atoms with van der Waals surface area (Å²) in [6.07, 6.45) is 1.23. The molecule has 0 aliphatic carbocycles. The highest BCUT2D eigenvalue weighted by molar-refractivity contribution is 7.89. The molecule has 1 atom stereocenters. The molecule has 0 aromatic heterocycles. The molecule has 0 saturated carbocycles. The minimum Gasteiger partial charge on any atom is -0.383 e. The number of nitrogens with zero attached hydrogens (tertiary/aromatic N) is 1. The molecule has 1 heterocycles. The molecule has 1 N–H and O–H groups in total. The number of sulfonamides is 1. The average Bonchev–Trinajstić information content (AvgIpc) is 2.96. The van der Waals surface area contributed by atoms with Crippen molar-refractivity contribution in [2.45, 2.75) is 44.6 Å². The highest BCUT2D eigenvalue weighted by Gasteiger charge is 2.40. The SMILES string of the molecule is COCCNC(=O)C1CCCN1S(=O)(=O)c1c(C)cc(C)cc1C. The van der Waals surface area contributed by atoms with Crippen LogP contribution in [0.3, 0.4) is 0 Å². The standard InChI is InChI=1S/C17H26N2O4S/c1-12-10-13(2)16(14(3)11-12)24(21,22)19-8-5-6-15(19)17(20)18-7-9-23-4/h10-11,15H,5-9H2,1-4H3,(H,18,20). The Morgan fingerprint density at radius 1 is 1.29 bits per heavy atom. The van der Waals surface area contributed by atoms with Gasteiger partial charge in [-0.15, -0.1) is 0 Å². The lowest BCUT2D eigenvalue weighted by atomic mass is 10.1. The van der Waals surface area contributed by atoms with Crippen LogP contribution in [-0.2, 0) is 19.6 Å². The number of methoxy groups -OCH3 is 1. The zero-order chi connectivity index (χ0) is 17.9. The summed E-state index contributed by atoms with van der Waals surface area (Å²) >= 11 is 0. The van der Waals surface area contributed by atoms with Gasteiger partial charge in [-0.05, 0) is 44.7 Å². The van der Waals surface area contributed by atoms with Crippen molar-refractivity contribution in [3.63, 3.8) is 0 Å². The van der Waals surface area contributed by atoms with Gasteiger partial charge in [-0.25, -0.2) is 8.42 Å². The maximum atomic E-state index is 13.2. The molecule has 1 unspecified atom stereocenters. The van der Waals surface area contributed by atoms with Crippen molar-refractivity contribution in [3.05, 3.63) is 28.8 Å². The van der Waals surface area contributed by atoms with E-state index in [2.05, 4.69) is 5.32 Å². The van der Waals surface area contributed by atoms with Gasteiger partial charge in [-0.3, -0.25) is 4.79 Å². The summed E-state index contributed by atoms with van der Waals surface area (Å²) in [6.45, 7) is 6.70. The number of hydrogen-bond donors (Lipinski definition) is 1. The van der Waals surface area contributed by atoms with Crippen LogP contribution in [0.25, 0.3) is 0 Å². The first-order valence-electron chi connectivity index (χ1n) is 8.15. The monoisotopic (exact) mass is 354 g/mol. The average molecular weight is 354 g/mol. The molecule has 1 amide bonds.